The molecule has 0 unspecified atom stereocenters. The summed E-state index contributed by atoms with van der Waals surface area (Å²) in [5.41, 5.74) is 5.55. The Morgan fingerprint density at radius 1 is 0.263 bits per heavy atom. The second-order valence-electron chi connectivity index (χ2n) is 18.6. The van der Waals surface area contributed by atoms with Crippen LogP contribution in [0.15, 0.2) is 206 Å². The average Bonchev–Trinajstić information content (AvgIpc) is 4.17. The van der Waals surface area contributed by atoms with Crippen LogP contribution in [0.4, 0.5) is 22.7 Å². The number of nitro groups is 4. The number of fused-ring (bicyclic) bond motifs is 12. The zero-order chi connectivity index (χ0) is 51.7. The molecule has 4 heterocycles. The van der Waals surface area contributed by atoms with E-state index in [0.29, 0.717) is 44.1 Å². The van der Waals surface area contributed by atoms with Gasteiger partial charge in [0.1, 0.15) is 22.7 Å². The fourth-order valence-corrected chi connectivity index (χ4v) is 11.7. The van der Waals surface area contributed by atoms with Crippen molar-refractivity contribution in [3.63, 3.8) is 0 Å². The Morgan fingerprint density at radius 3 is 0.921 bits per heavy atom. The lowest BCUT2D eigenvalue weighted by Crippen LogP contribution is -2.06. The van der Waals surface area contributed by atoms with Gasteiger partial charge in [0, 0.05) is 55.2 Å². The molecular formula is C60H34N8O8. The van der Waals surface area contributed by atoms with Crippen LogP contribution in [-0.4, -0.2) is 38.0 Å². The molecular weight excluding hydrogens is 961 g/mol. The van der Waals surface area contributed by atoms with Gasteiger partial charge in [0.25, 0.3) is 22.7 Å². The van der Waals surface area contributed by atoms with Crippen molar-refractivity contribution in [3.8, 4) is 33.9 Å². The molecule has 0 aliphatic carbocycles. The standard InChI is InChI=1S/C60H34N8O8/c69-65(70)56-33-58(67(73)74)54(31-52(56)61-44-21-7-1-14-37(44)38-15-2-8-22-45(38)61)63-48-25-11-5-18-41(48)43-30-35(28-29-50(43)63)36-20-13-27-51-60(36)42-19-6-12-26-49(42)64(51)55-32-53(57(66(71)72)34-59(55)68(75)76)62-46-23-9-3-16-39(46)40-17-4-10-24-47(40)62/h1-34H. The molecule has 14 aromatic rings. The number of hydrogen-bond donors (Lipinski definition) is 0. The Hall–Kier alpha value is -11.0. The third-order valence-electron chi connectivity index (χ3n) is 14.7. The van der Waals surface area contributed by atoms with Crippen LogP contribution in [0.5, 0.6) is 0 Å². The van der Waals surface area contributed by atoms with Crippen molar-refractivity contribution in [2.75, 3.05) is 0 Å². The molecule has 0 aliphatic heterocycles. The predicted molar refractivity (Wildman–Crippen MR) is 296 cm³/mol. The summed E-state index contributed by atoms with van der Waals surface area (Å²) in [6, 6.07) is 62.0. The van der Waals surface area contributed by atoms with E-state index < -0.39 is 42.4 Å². The minimum absolute atomic E-state index is 0.124. The Morgan fingerprint density at radius 2 is 0.553 bits per heavy atom. The lowest BCUT2D eigenvalue weighted by molar-refractivity contribution is -0.394. The zero-order valence-corrected chi connectivity index (χ0v) is 39.5. The van der Waals surface area contributed by atoms with E-state index >= 15 is 0 Å². The molecule has 0 amide bonds. The summed E-state index contributed by atoms with van der Waals surface area (Å²) in [4.78, 5) is 49.9. The van der Waals surface area contributed by atoms with Gasteiger partial charge in [-0.05, 0) is 65.7 Å². The fraction of sp³-hybridized carbons (Fsp3) is 0. The molecule has 0 bridgehead atoms. The smallest absolute Gasteiger partial charge is 0.300 e. The SMILES string of the molecule is O=[N+]([O-])c1cc([N+](=O)[O-])c(-n2c3ccccc3c3cc(-c4cccc5c4c4ccccc4n5-c4cc(-n5c6ccccc6c6ccccc65)c([N+](=O)[O-])cc4[N+](=O)[O-])ccc32)cc1-n1c2ccccc2c2ccccc21. The number of hydrogen-bond acceptors (Lipinski definition) is 8. The number of para-hydroxylation sites is 6. The summed E-state index contributed by atoms with van der Waals surface area (Å²) in [5, 5.41) is 58.8. The largest absolute Gasteiger partial charge is 0.303 e. The minimum Gasteiger partial charge on any atom is -0.303 e. The molecule has 0 saturated heterocycles. The third kappa shape index (κ3) is 6.18. The monoisotopic (exact) mass is 994 g/mol. The van der Waals surface area contributed by atoms with E-state index in [1.165, 1.54) is 6.07 Å². The molecule has 0 radical (unpaired) electrons. The van der Waals surface area contributed by atoms with Gasteiger partial charge in [-0.1, -0.05) is 127 Å². The van der Waals surface area contributed by atoms with E-state index in [1.807, 2.05) is 182 Å². The van der Waals surface area contributed by atoms with Crippen LogP contribution in [0.2, 0.25) is 0 Å². The van der Waals surface area contributed by atoms with Crippen LogP contribution in [0, 0.1) is 40.5 Å². The third-order valence-corrected chi connectivity index (χ3v) is 14.7. The van der Waals surface area contributed by atoms with Gasteiger partial charge in [-0.25, -0.2) is 0 Å². The van der Waals surface area contributed by atoms with Crippen molar-refractivity contribution in [2.45, 2.75) is 0 Å². The number of rotatable bonds is 9. The highest BCUT2D eigenvalue weighted by Crippen LogP contribution is 2.47. The fourth-order valence-electron chi connectivity index (χ4n) is 11.7. The molecule has 362 valence electrons. The van der Waals surface area contributed by atoms with Crippen molar-refractivity contribution < 1.29 is 19.7 Å². The molecule has 0 saturated carbocycles. The van der Waals surface area contributed by atoms with E-state index in [2.05, 4.69) is 0 Å². The van der Waals surface area contributed by atoms with Gasteiger partial charge in [0.15, 0.2) is 0 Å². The molecule has 76 heavy (non-hydrogen) atoms. The molecule has 14 rings (SSSR count). The molecule has 0 N–H and O–H groups in total. The van der Waals surface area contributed by atoms with Crippen LogP contribution in [0.3, 0.4) is 0 Å². The van der Waals surface area contributed by atoms with Gasteiger partial charge in [0.2, 0.25) is 0 Å². The summed E-state index contributed by atoms with van der Waals surface area (Å²) in [7, 11) is 0. The Bertz CT molecular complexity index is 4820. The molecule has 0 spiro atoms. The van der Waals surface area contributed by atoms with Crippen molar-refractivity contribution in [1.82, 2.24) is 18.3 Å². The maximum absolute atomic E-state index is 13.2. The van der Waals surface area contributed by atoms with Gasteiger partial charge in [0.05, 0.1) is 76.0 Å². The summed E-state index contributed by atoms with van der Waals surface area (Å²) < 4.78 is 7.15. The van der Waals surface area contributed by atoms with E-state index in [0.717, 1.165) is 66.3 Å². The molecule has 4 aromatic heterocycles. The maximum Gasteiger partial charge on any atom is 0.300 e. The summed E-state index contributed by atoms with van der Waals surface area (Å²) in [6.07, 6.45) is 0. The zero-order valence-electron chi connectivity index (χ0n) is 39.5. The molecule has 0 aliphatic rings. The van der Waals surface area contributed by atoms with Gasteiger partial charge < -0.3 is 18.3 Å². The Kier molecular flexibility index (Phi) is 9.36. The second-order valence-corrected chi connectivity index (χ2v) is 18.6. The lowest BCUT2D eigenvalue weighted by Gasteiger charge is -2.14. The van der Waals surface area contributed by atoms with Crippen molar-refractivity contribution in [1.29, 1.82) is 0 Å². The molecule has 16 heteroatoms. The Balaban J connectivity index is 1.01. The first-order valence-corrected chi connectivity index (χ1v) is 24.0. The second kappa shape index (κ2) is 16.3. The summed E-state index contributed by atoms with van der Waals surface area (Å²) >= 11 is 0. The number of nitrogens with zero attached hydrogens (tertiary/aromatic N) is 8. The number of benzene rings is 10. The Labute approximate surface area is 426 Å². The first-order valence-electron chi connectivity index (χ1n) is 24.0. The molecule has 0 fully saturated rings. The van der Waals surface area contributed by atoms with E-state index in [-0.39, 0.29) is 22.7 Å². The first kappa shape index (κ1) is 43.8. The molecule has 10 aromatic carbocycles. The van der Waals surface area contributed by atoms with Crippen LogP contribution >= 0.6 is 0 Å². The highest BCUT2D eigenvalue weighted by molar-refractivity contribution is 6.18. The van der Waals surface area contributed by atoms with Gasteiger partial charge >= 0.3 is 0 Å². The van der Waals surface area contributed by atoms with E-state index in [9.17, 15) is 40.5 Å². The van der Waals surface area contributed by atoms with Gasteiger partial charge in [-0.3, -0.25) is 40.5 Å². The summed E-state index contributed by atoms with van der Waals surface area (Å²) in [5.74, 6) is 0. The van der Waals surface area contributed by atoms with Crippen LogP contribution in [-0.2, 0) is 0 Å². The van der Waals surface area contributed by atoms with Crippen LogP contribution in [0.25, 0.3) is 121 Å². The van der Waals surface area contributed by atoms with Crippen molar-refractivity contribution in [3.05, 3.63) is 247 Å². The lowest BCUT2D eigenvalue weighted by atomic mass is 9.98. The summed E-state index contributed by atoms with van der Waals surface area (Å²) in [6.45, 7) is 0. The maximum atomic E-state index is 13.2. The predicted octanol–water partition coefficient (Wildman–Crippen LogP) is 15.4. The average molecular weight is 995 g/mol. The van der Waals surface area contributed by atoms with Crippen molar-refractivity contribution in [2.24, 2.45) is 0 Å². The van der Waals surface area contributed by atoms with E-state index in [1.54, 1.807) is 24.3 Å². The number of aromatic nitrogens is 4. The van der Waals surface area contributed by atoms with Crippen LogP contribution in [0.1, 0.15) is 0 Å². The normalized spacial score (nSPS) is 11.8. The van der Waals surface area contributed by atoms with Gasteiger partial charge in [-0.15, -0.1) is 0 Å². The highest BCUT2D eigenvalue weighted by Gasteiger charge is 2.33. The number of nitro benzene ring substituents is 4. The van der Waals surface area contributed by atoms with Gasteiger partial charge in [-0.2, -0.15) is 0 Å². The molecule has 0 atom stereocenters. The van der Waals surface area contributed by atoms with Crippen molar-refractivity contribution >= 4 is 110 Å². The topological polar surface area (TPSA) is 192 Å². The molecule has 16 nitrogen and oxygen atoms in total. The highest BCUT2D eigenvalue weighted by atomic mass is 16.6. The van der Waals surface area contributed by atoms with E-state index in [4.69, 9.17) is 0 Å². The minimum atomic E-state index is -0.593. The quantitative estimate of drug-likeness (QED) is 0.101. The first-order chi connectivity index (χ1) is 37.1. The van der Waals surface area contributed by atoms with Crippen LogP contribution < -0.4 is 0 Å².